The zero-order valence-corrected chi connectivity index (χ0v) is 19.1. The smallest absolute Gasteiger partial charge is 0.355 e. The minimum Gasteiger partial charge on any atom is -0.497 e. The number of hydrogen-bond acceptors (Lipinski definition) is 6. The molecule has 2 aromatic carbocycles. The van der Waals surface area contributed by atoms with Crippen molar-refractivity contribution >= 4 is 11.6 Å². The van der Waals surface area contributed by atoms with Crippen LogP contribution in [0, 0.1) is 24.4 Å². The van der Waals surface area contributed by atoms with Gasteiger partial charge < -0.3 is 15.0 Å². The van der Waals surface area contributed by atoms with E-state index in [2.05, 4.69) is 15.3 Å². The Bertz CT molecular complexity index is 1600. The SMILES string of the molecule is COc1ccc(Nc2nc(=O)n(Cc3ccc[nH]c3=O)c(=O)n2Cc2cc(F)c(F)c(F)c2)c(C)c1. The number of H-pyrrole nitrogens is 1. The molecule has 0 aliphatic heterocycles. The van der Waals surface area contributed by atoms with Crippen molar-refractivity contribution in [2.75, 3.05) is 12.4 Å². The molecule has 0 atom stereocenters. The maximum absolute atomic E-state index is 13.9. The highest BCUT2D eigenvalue weighted by molar-refractivity contribution is 5.60. The van der Waals surface area contributed by atoms with Crippen LogP contribution in [0.1, 0.15) is 16.7 Å². The normalized spacial score (nSPS) is 10.9. The van der Waals surface area contributed by atoms with E-state index in [1.54, 1.807) is 25.1 Å². The molecule has 36 heavy (non-hydrogen) atoms. The van der Waals surface area contributed by atoms with Gasteiger partial charge in [0.2, 0.25) is 5.95 Å². The van der Waals surface area contributed by atoms with Gasteiger partial charge in [-0.3, -0.25) is 9.36 Å². The second kappa shape index (κ2) is 9.94. The number of aryl methyl sites for hydroxylation is 1. The van der Waals surface area contributed by atoms with Gasteiger partial charge in [0.15, 0.2) is 17.5 Å². The predicted octanol–water partition coefficient (Wildman–Crippen LogP) is 2.67. The second-order valence-corrected chi connectivity index (χ2v) is 7.88. The van der Waals surface area contributed by atoms with Gasteiger partial charge >= 0.3 is 11.4 Å². The van der Waals surface area contributed by atoms with Crippen molar-refractivity contribution in [1.82, 2.24) is 19.1 Å². The predicted molar refractivity (Wildman–Crippen MR) is 125 cm³/mol. The van der Waals surface area contributed by atoms with Gasteiger partial charge in [-0.1, -0.05) is 6.07 Å². The van der Waals surface area contributed by atoms with Crippen LogP contribution in [0.25, 0.3) is 0 Å². The van der Waals surface area contributed by atoms with E-state index < -0.39 is 47.5 Å². The van der Waals surface area contributed by atoms with Crippen LogP contribution in [-0.2, 0) is 13.1 Å². The molecule has 0 spiro atoms. The highest BCUT2D eigenvalue weighted by Gasteiger charge is 2.18. The van der Waals surface area contributed by atoms with Crippen molar-refractivity contribution in [3.63, 3.8) is 0 Å². The van der Waals surface area contributed by atoms with E-state index in [4.69, 9.17) is 4.74 Å². The van der Waals surface area contributed by atoms with Crippen molar-refractivity contribution in [1.29, 1.82) is 0 Å². The Morgan fingerprint density at radius 3 is 2.36 bits per heavy atom. The highest BCUT2D eigenvalue weighted by atomic mass is 19.2. The lowest BCUT2D eigenvalue weighted by Gasteiger charge is -2.17. The summed E-state index contributed by atoms with van der Waals surface area (Å²) in [6.07, 6.45) is 1.40. The fourth-order valence-electron chi connectivity index (χ4n) is 3.56. The van der Waals surface area contributed by atoms with Crippen molar-refractivity contribution in [3.05, 3.63) is 114 Å². The quantitative estimate of drug-likeness (QED) is 0.379. The summed E-state index contributed by atoms with van der Waals surface area (Å²) < 4.78 is 48.0. The number of nitrogens with one attached hydrogen (secondary N) is 2. The van der Waals surface area contributed by atoms with Crippen LogP contribution in [0.3, 0.4) is 0 Å². The first-order chi connectivity index (χ1) is 17.2. The van der Waals surface area contributed by atoms with Gasteiger partial charge in [-0.2, -0.15) is 4.98 Å². The Kier molecular flexibility index (Phi) is 6.77. The largest absolute Gasteiger partial charge is 0.497 e. The first kappa shape index (κ1) is 24.5. The third-order valence-electron chi connectivity index (χ3n) is 5.44. The van der Waals surface area contributed by atoms with Gasteiger partial charge in [0.05, 0.1) is 20.2 Å². The Balaban J connectivity index is 1.85. The molecule has 0 radical (unpaired) electrons. The van der Waals surface area contributed by atoms with Gasteiger partial charge in [-0.05, 0) is 54.4 Å². The number of benzene rings is 2. The molecule has 186 valence electrons. The standard InChI is InChI=1S/C24H20F3N5O4/c1-13-8-16(36-2)5-6-19(13)29-22-30-23(34)32(12-15-4-3-7-28-21(15)33)24(35)31(22)11-14-9-17(25)20(27)18(26)10-14/h3-10H,11-12H2,1-2H3,(H,28,33)(H,29,30,34). The first-order valence-corrected chi connectivity index (χ1v) is 10.6. The molecule has 0 bridgehead atoms. The van der Waals surface area contributed by atoms with Gasteiger partial charge in [-0.15, -0.1) is 0 Å². The number of aromatic nitrogens is 4. The molecule has 0 saturated carbocycles. The van der Waals surface area contributed by atoms with Gasteiger partial charge in [0.25, 0.3) is 5.56 Å². The molecule has 4 rings (SSSR count). The van der Waals surface area contributed by atoms with Crippen LogP contribution >= 0.6 is 0 Å². The van der Waals surface area contributed by atoms with E-state index >= 15 is 0 Å². The first-order valence-electron chi connectivity index (χ1n) is 10.6. The highest BCUT2D eigenvalue weighted by Crippen LogP contribution is 2.24. The fraction of sp³-hybridized carbons (Fsp3) is 0.167. The van der Waals surface area contributed by atoms with Gasteiger partial charge in [0.1, 0.15) is 5.75 Å². The summed E-state index contributed by atoms with van der Waals surface area (Å²) in [5.74, 6) is -4.16. The van der Waals surface area contributed by atoms with E-state index in [0.717, 1.165) is 16.7 Å². The van der Waals surface area contributed by atoms with Crippen LogP contribution in [-0.4, -0.2) is 26.2 Å². The number of nitrogens with zero attached hydrogens (tertiary/aromatic N) is 3. The summed E-state index contributed by atoms with van der Waals surface area (Å²) in [6, 6.07) is 9.43. The van der Waals surface area contributed by atoms with Gasteiger partial charge in [0, 0.05) is 17.4 Å². The maximum atomic E-state index is 13.9. The Labute approximate surface area is 201 Å². The lowest BCUT2D eigenvalue weighted by molar-refractivity contribution is 0.414. The molecule has 0 fully saturated rings. The third-order valence-corrected chi connectivity index (χ3v) is 5.44. The van der Waals surface area contributed by atoms with Crippen molar-refractivity contribution in [3.8, 4) is 5.75 Å². The molecule has 0 amide bonds. The van der Waals surface area contributed by atoms with Crippen molar-refractivity contribution < 1.29 is 17.9 Å². The van der Waals surface area contributed by atoms with Crippen molar-refractivity contribution in [2.45, 2.75) is 20.0 Å². The minimum absolute atomic E-state index is 0.0902. The minimum atomic E-state index is -1.65. The van der Waals surface area contributed by atoms with E-state index in [0.29, 0.717) is 21.6 Å². The van der Waals surface area contributed by atoms with Crippen molar-refractivity contribution in [2.24, 2.45) is 0 Å². The summed E-state index contributed by atoms with van der Waals surface area (Å²) in [7, 11) is 1.50. The molecule has 0 aliphatic carbocycles. The molecular weight excluding hydrogens is 479 g/mol. The molecule has 0 saturated heterocycles. The lowest BCUT2D eigenvalue weighted by atomic mass is 10.2. The zero-order chi connectivity index (χ0) is 26.0. The number of rotatable bonds is 7. The van der Waals surface area contributed by atoms with Gasteiger partial charge in [-0.25, -0.2) is 27.3 Å². The number of pyridine rings is 1. The van der Waals surface area contributed by atoms with E-state index in [9.17, 15) is 27.6 Å². The van der Waals surface area contributed by atoms with Crippen LogP contribution in [0.15, 0.2) is 63.0 Å². The average Bonchev–Trinajstić information content (AvgIpc) is 2.84. The van der Waals surface area contributed by atoms with Crippen LogP contribution in [0.4, 0.5) is 24.8 Å². The Morgan fingerprint density at radius 2 is 1.72 bits per heavy atom. The lowest BCUT2D eigenvalue weighted by Crippen LogP contribution is -2.43. The topological polar surface area (TPSA) is 111 Å². The molecule has 2 heterocycles. The van der Waals surface area contributed by atoms with E-state index in [-0.39, 0.29) is 17.1 Å². The van der Waals surface area contributed by atoms with Crippen LogP contribution < -0.4 is 27.0 Å². The molecular formula is C24H20F3N5O4. The summed E-state index contributed by atoms with van der Waals surface area (Å²) in [6.45, 7) is 0.901. The summed E-state index contributed by atoms with van der Waals surface area (Å²) in [4.78, 5) is 44.7. The molecule has 2 aromatic heterocycles. The van der Waals surface area contributed by atoms with Crippen LogP contribution in [0.5, 0.6) is 5.75 Å². The maximum Gasteiger partial charge on any atom is 0.355 e. The second-order valence-electron chi connectivity index (χ2n) is 7.88. The molecule has 2 N–H and O–H groups in total. The molecule has 9 nitrogen and oxygen atoms in total. The zero-order valence-electron chi connectivity index (χ0n) is 19.1. The molecule has 4 aromatic rings. The number of anilines is 2. The Hall–Kier alpha value is -4.61. The number of aromatic amines is 1. The number of ether oxygens (including phenoxy) is 1. The van der Waals surface area contributed by atoms with E-state index in [1.807, 2.05) is 0 Å². The summed E-state index contributed by atoms with van der Waals surface area (Å²) in [5, 5.41) is 2.89. The third kappa shape index (κ3) is 4.92. The Morgan fingerprint density at radius 1 is 1.00 bits per heavy atom. The molecule has 12 heteroatoms. The molecule has 0 aliphatic rings. The number of methoxy groups -OCH3 is 1. The number of halogens is 3. The fourth-order valence-corrected chi connectivity index (χ4v) is 3.56. The average molecular weight is 499 g/mol. The van der Waals surface area contributed by atoms with E-state index in [1.165, 1.54) is 25.4 Å². The summed E-state index contributed by atoms with van der Waals surface area (Å²) >= 11 is 0. The molecule has 0 unspecified atom stereocenters. The van der Waals surface area contributed by atoms with Crippen LogP contribution in [0.2, 0.25) is 0 Å². The monoisotopic (exact) mass is 499 g/mol. The number of hydrogen-bond donors (Lipinski definition) is 2. The summed E-state index contributed by atoms with van der Waals surface area (Å²) in [5.41, 5.74) is -1.17.